The van der Waals surface area contributed by atoms with E-state index in [0.29, 0.717) is 16.9 Å². The highest BCUT2D eigenvalue weighted by molar-refractivity contribution is 7.71. The summed E-state index contributed by atoms with van der Waals surface area (Å²) in [5.74, 6) is 0.787. The van der Waals surface area contributed by atoms with Crippen LogP contribution in [0, 0.1) is 29.9 Å². The molecule has 0 aliphatic rings. The van der Waals surface area contributed by atoms with Gasteiger partial charge in [0, 0.05) is 5.56 Å². The number of rotatable bonds is 2. The van der Waals surface area contributed by atoms with Crippen LogP contribution in [0.15, 0.2) is 22.7 Å². The van der Waals surface area contributed by atoms with Crippen LogP contribution in [-0.4, -0.2) is 14.7 Å². The van der Waals surface area contributed by atoms with Crippen molar-refractivity contribution < 1.29 is 4.52 Å². The third kappa shape index (κ3) is 1.92. The summed E-state index contributed by atoms with van der Waals surface area (Å²) >= 11 is 5.37. The second kappa shape index (κ2) is 4.62. The topological polar surface area (TPSA) is 70.5 Å². The van der Waals surface area contributed by atoms with Gasteiger partial charge < -0.3 is 14.1 Å². The van der Waals surface area contributed by atoms with Crippen molar-refractivity contribution in [1.82, 2.24) is 14.7 Å². The predicted octanol–water partition coefficient (Wildman–Crippen LogP) is 3.22. The average molecular weight is 284 g/mol. The lowest BCUT2D eigenvalue weighted by molar-refractivity contribution is 0.392. The van der Waals surface area contributed by atoms with Crippen molar-refractivity contribution in [2.75, 3.05) is 0 Å². The molecular weight excluding hydrogens is 272 g/mol. The van der Waals surface area contributed by atoms with E-state index in [4.69, 9.17) is 22.0 Å². The summed E-state index contributed by atoms with van der Waals surface area (Å²) in [6.45, 7) is 4.37. The minimum Gasteiger partial charge on any atom is -0.361 e. The van der Waals surface area contributed by atoms with Gasteiger partial charge in [-0.2, -0.15) is 5.26 Å². The molecule has 0 saturated carbocycles. The number of hydrogen-bond acceptors (Lipinski definition) is 4. The molecular formula is C14H12N4OS. The molecule has 0 saturated heterocycles. The summed E-state index contributed by atoms with van der Waals surface area (Å²) in [5.41, 5.74) is 4.31. The van der Waals surface area contributed by atoms with Gasteiger partial charge in [0.15, 0.2) is 4.77 Å². The zero-order chi connectivity index (χ0) is 14.3. The van der Waals surface area contributed by atoms with Crippen LogP contribution in [0.1, 0.15) is 22.6 Å². The molecule has 100 valence electrons. The van der Waals surface area contributed by atoms with E-state index in [0.717, 1.165) is 28.1 Å². The van der Waals surface area contributed by atoms with Gasteiger partial charge in [0.25, 0.3) is 0 Å². The molecule has 0 amide bonds. The fraction of sp³-hybridized carbons (Fsp3) is 0.214. The largest absolute Gasteiger partial charge is 0.361 e. The van der Waals surface area contributed by atoms with Crippen LogP contribution in [0.3, 0.4) is 0 Å². The first-order valence-electron chi connectivity index (χ1n) is 6.14. The van der Waals surface area contributed by atoms with Gasteiger partial charge >= 0.3 is 0 Å². The van der Waals surface area contributed by atoms with E-state index in [2.05, 4.69) is 16.2 Å². The van der Waals surface area contributed by atoms with E-state index in [1.165, 1.54) is 0 Å². The Hall–Kier alpha value is -2.39. The maximum Gasteiger partial charge on any atom is 0.178 e. The minimum atomic E-state index is 0.578. The molecule has 2 heterocycles. The molecule has 0 aliphatic carbocycles. The molecule has 3 rings (SSSR count). The van der Waals surface area contributed by atoms with Crippen molar-refractivity contribution in [3.8, 4) is 6.07 Å². The number of aromatic nitrogens is 3. The Morgan fingerprint density at radius 2 is 2.25 bits per heavy atom. The predicted molar refractivity (Wildman–Crippen MR) is 76.9 cm³/mol. The van der Waals surface area contributed by atoms with Crippen molar-refractivity contribution in [3.63, 3.8) is 0 Å². The zero-order valence-corrected chi connectivity index (χ0v) is 11.9. The maximum absolute atomic E-state index is 9.02. The highest BCUT2D eigenvalue weighted by Crippen LogP contribution is 2.20. The van der Waals surface area contributed by atoms with Crippen LogP contribution >= 0.6 is 12.2 Å². The van der Waals surface area contributed by atoms with E-state index >= 15 is 0 Å². The molecule has 1 N–H and O–H groups in total. The Balaban J connectivity index is 2.19. The van der Waals surface area contributed by atoms with E-state index in [-0.39, 0.29) is 0 Å². The molecule has 0 atom stereocenters. The highest BCUT2D eigenvalue weighted by atomic mass is 32.1. The number of imidazole rings is 1. The standard InChI is InChI=1S/C14H12N4OS/c1-8-11(9(2)19-17-8)7-18-13-5-10(6-15)3-4-12(13)16-14(18)20/h3-5H,7H2,1-2H3,(H,16,20). The Kier molecular flexibility index (Phi) is 2.92. The third-order valence-electron chi connectivity index (χ3n) is 3.40. The van der Waals surface area contributed by atoms with Crippen molar-refractivity contribution >= 4 is 23.3 Å². The van der Waals surface area contributed by atoms with Crippen LogP contribution in [0.2, 0.25) is 0 Å². The van der Waals surface area contributed by atoms with Gasteiger partial charge in [-0.1, -0.05) is 5.16 Å². The van der Waals surface area contributed by atoms with Crippen LogP contribution < -0.4 is 0 Å². The van der Waals surface area contributed by atoms with Crippen LogP contribution in [0.4, 0.5) is 0 Å². The number of aryl methyl sites for hydroxylation is 2. The number of fused-ring (bicyclic) bond motifs is 1. The monoisotopic (exact) mass is 284 g/mol. The van der Waals surface area contributed by atoms with Crippen LogP contribution in [0.25, 0.3) is 11.0 Å². The second-order valence-corrected chi connectivity index (χ2v) is 5.05. The average Bonchev–Trinajstić information content (AvgIpc) is 2.92. The summed E-state index contributed by atoms with van der Waals surface area (Å²) < 4.78 is 7.76. The molecule has 0 spiro atoms. The fourth-order valence-electron chi connectivity index (χ4n) is 2.27. The van der Waals surface area contributed by atoms with E-state index in [9.17, 15) is 0 Å². The van der Waals surface area contributed by atoms with Gasteiger partial charge in [0.1, 0.15) is 5.76 Å². The second-order valence-electron chi connectivity index (χ2n) is 4.66. The number of aromatic amines is 1. The molecule has 0 bridgehead atoms. The summed E-state index contributed by atoms with van der Waals surface area (Å²) in [7, 11) is 0. The van der Waals surface area contributed by atoms with Gasteiger partial charge in [-0.15, -0.1) is 0 Å². The lowest BCUT2D eigenvalue weighted by Gasteiger charge is -2.04. The van der Waals surface area contributed by atoms with E-state index in [1.807, 2.05) is 30.5 Å². The lowest BCUT2D eigenvalue weighted by Crippen LogP contribution is -2.01. The number of nitrogens with one attached hydrogen (secondary N) is 1. The first-order chi connectivity index (χ1) is 9.60. The summed E-state index contributed by atoms with van der Waals surface area (Å²) in [4.78, 5) is 3.15. The summed E-state index contributed by atoms with van der Waals surface area (Å²) in [5, 5.41) is 13.0. The number of H-pyrrole nitrogens is 1. The Labute approximate surface area is 120 Å². The Bertz CT molecular complexity index is 875. The first kappa shape index (κ1) is 12.6. The molecule has 0 unspecified atom stereocenters. The molecule has 1 aromatic carbocycles. The van der Waals surface area contributed by atoms with E-state index < -0.39 is 0 Å². The fourth-order valence-corrected chi connectivity index (χ4v) is 2.54. The third-order valence-corrected chi connectivity index (χ3v) is 3.72. The van der Waals surface area contributed by atoms with Gasteiger partial charge in [0.2, 0.25) is 0 Å². The molecule has 0 radical (unpaired) electrons. The normalized spacial score (nSPS) is 10.8. The molecule has 3 aromatic rings. The zero-order valence-electron chi connectivity index (χ0n) is 11.1. The molecule has 20 heavy (non-hydrogen) atoms. The quantitative estimate of drug-likeness (QED) is 0.733. The van der Waals surface area contributed by atoms with Crippen molar-refractivity contribution in [2.45, 2.75) is 20.4 Å². The number of nitriles is 1. The molecule has 0 fully saturated rings. The van der Waals surface area contributed by atoms with Crippen molar-refractivity contribution in [1.29, 1.82) is 5.26 Å². The minimum absolute atomic E-state index is 0.578. The summed E-state index contributed by atoms with van der Waals surface area (Å²) in [6, 6.07) is 7.62. The first-order valence-corrected chi connectivity index (χ1v) is 6.55. The SMILES string of the molecule is Cc1noc(C)c1Cn1c(=S)[nH]c2ccc(C#N)cc21. The van der Waals surface area contributed by atoms with Crippen molar-refractivity contribution in [3.05, 3.63) is 45.6 Å². The number of benzene rings is 1. The highest BCUT2D eigenvalue weighted by Gasteiger charge is 2.12. The molecule has 0 aliphatic heterocycles. The Morgan fingerprint density at radius 3 is 2.90 bits per heavy atom. The van der Waals surface area contributed by atoms with E-state index in [1.54, 1.807) is 6.07 Å². The number of nitrogens with zero attached hydrogens (tertiary/aromatic N) is 3. The molecule has 5 nitrogen and oxygen atoms in total. The maximum atomic E-state index is 9.02. The lowest BCUT2D eigenvalue weighted by atomic mass is 10.2. The molecule has 6 heteroatoms. The van der Waals surface area contributed by atoms with Crippen LogP contribution in [0.5, 0.6) is 0 Å². The van der Waals surface area contributed by atoms with Crippen LogP contribution in [-0.2, 0) is 6.54 Å². The van der Waals surface area contributed by atoms with Crippen molar-refractivity contribution in [2.24, 2.45) is 0 Å². The van der Waals surface area contributed by atoms with Gasteiger partial charge in [0.05, 0.1) is 34.9 Å². The molecule has 2 aromatic heterocycles. The van der Waals surface area contributed by atoms with Gasteiger partial charge in [-0.3, -0.25) is 0 Å². The Morgan fingerprint density at radius 1 is 1.45 bits per heavy atom. The smallest absolute Gasteiger partial charge is 0.178 e. The number of hydrogen-bond donors (Lipinski definition) is 1. The summed E-state index contributed by atoms with van der Waals surface area (Å²) in [6.07, 6.45) is 0. The van der Waals surface area contributed by atoms with Gasteiger partial charge in [-0.25, -0.2) is 0 Å². The van der Waals surface area contributed by atoms with Gasteiger partial charge in [-0.05, 0) is 44.3 Å².